The third-order valence-electron chi connectivity index (χ3n) is 6.01. The number of rotatable bonds is 11. The lowest BCUT2D eigenvalue weighted by Crippen LogP contribution is -2.57. The van der Waals surface area contributed by atoms with Gasteiger partial charge in [-0.2, -0.15) is 0 Å². The number of aromatic hydroxyl groups is 1. The number of hydrogen-bond donors (Lipinski definition) is 4. The Labute approximate surface area is 253 Å². The van der Waals surface area contributed by atoms with Crippen molar-refractivity contribution in [1.29, 1.82) is 0 Å². The first-order valence-corrected chi connectivity index (χ1v) is 14.2. The summed E-state index contributed by atoms with van der Waals surface area (Å²) in [5.74, 6) is -2.17. The van der Waals surface area contributed by atoms with Crippen molar-refractivity contribution in [2.24, 2.45) is 0 Å². The van der Waals surface area contributed by atoms with Crippen LogP contribution in [-0.4, -0.2) is 74.9 Å². The molecule has 11 nitrogen and oxygen atoms in total. The Morgan fingerprint density at radius 2 is 1.37 bits per heavy atom. The molecular weight excluding hydrogens is 554 g/mol. The molecule has 236 valence electrons. The summed E-state index contributed by atoms with van der Waals surface area (Å²) in [6, 6.07) is 10.3. The fraction of sp³-hybridized carbons (Fsp3) is 0.500. The molecule has 0 saturated carbocycles. The standard InChI is InChI=1S/C32H45N3O8/c1-20(2)35(28(39)25(19-36)34-30(41)43-32(6,7)8)26(22-14-16-23(37)17-15-22)27(38)33-24(29(40)42-31(3,4)5)18-21-12-10-9-11-13-21/h9-17,20,24-26,36-37H,18-19H2,1-8H3,(H,33,38)(H,34,41). The molecular formula is C32H45N3O8. The zero-order valence-corrected chi connectivity index (χ0v) is 26.2. The van der Waals surface area contributed by atoms with Gasteiger partial charge in [-0.25, -0.2) is 9.59 Å². The van der Waals surface area contributed by atoms with Gasteiger partial charge in [0.25, 0.3) is 0 Å². The van der Waals surface area contributed by atoms with Crippen LogP contribution < -0.4 is 10.6 Å². The van der Waals surface area contributed by atoms with Crippen molar-refractivity contribution in [3.63, 3.8) is 0 Å². The number of alkyl carbamates (subject to hydrolysis) is 1. The first kappa shape index (κ1) is 35.1. The molecule has 2 aromatic rings. The highest BCUT2D eigenvalue weighted by atomic mass is 16.6. The molecule has 0 radical (unpaired) electrons. The summed E-state index contributed by atoms with van der Waals surface area (Å²) in [6.07, 6.45) is -0.791. The second kappa shape index (κ2) is 14.9. The van der Waals surface area contributed by atoms with Crippen LogP contribution in [0, 0.1) is 0 Å². The summed E-state index contributed by atoms with van der Waals surface area (Å²) in [5, 5.41) is 25.1. The maximum atomic E-state index is 14.1. The van der Waals surface area contributed by atoms with Crippen LogP contribution in [-0.2, 0) is 30.3 Å². The first-order chi connectivity index (χ1) is 19.9. The Kier molecular flexibility index (Phi) is 12.1. The number of carbonyl (C=O) groups excluding carboxylic acids is 4. The normalized spacial score (nSPS) is 13.8. The summed E-state index contributed by atoms with van der Waals surface area (Å²) in [4.78, 5) is 55.0. The quantitative estimate of drug-likeness (QED) is 0.286. The molecule has 3 amide bonds. The summed E-state index contributed by atoms with van der Waals surface area (Å²) < 4.78 is 10.9. The number of hydrogen-bond acceptors (Lipinski definition) is 8. The zero-order valence-electron chi connectivity index (χ0n) is 26.2. The van der Waals surface area contributed by atoms with E-state index < -0.39 is 65.9 Å². The van der Waals surface area contributed by atoms with E-state index in [4.69, 9.17) is 9.47 Å². The van der Waals surface area contributed by atoms with E-state index in [2.05, 4.69) is 10.6 Å². The minimum Gasteiger partial charge on any atom is -0.508 e. The average molecular weight is 600 g/mol. The number of phenols is 1. The maximum Gasteiger partial charge on any atom is 0.408 e. The molecule has 43 heavy (non-hydrogen) atoms. The number of amides is 3. The SMILES string of the molecule is CC(C)N(C(=O)C(CO)NC(=O)OC(C)(C)C)C(C(=O)NC(Cc1ccccc1)C(=O)OC(C)(C)C)c1ccc(O)cc1. The smallest absolute Gasteiger partial charge is 0.408 e. The molecule has 0 heterocycles. The monoisotopic (exact) mass is 599 g/mol. The largest absolute Gasteiger partial charge is 0.508 e. The number of benzene rings is 2. The van der Waals surface area contributed by atoms with Crippen LogP contribution in [0.2, 0.25) is 0 Å². The minimum absolute atomic E-state index is 0.0548. The van der Waals surface area contributed by atoms with E-state index in [0.29, 0.717) is 5.56 Å². The number of nitrogens with zero attached hydrogens (tertiary/aromatic N) is 1. The highest BCUT2D eigenvalue weighted by Gasteiger charge is 2.39. The molecule has 0 aromatic heterocycles. The second-order valence-corrected chi connectivity index (χ2v) is 12.5. The third-order valence-corrected chi connectivity index (χ3v) is 6.01. The fourth-order valence-corrected chi connectivity index (χ4v) is 4.26. The molecule has 0 bridgehead atoms. The van der Waals surface area contributed by atoms with Crippen molar-refractivity contribution in [3.8, 4) is 5.75 Å². The van der Waals surface area contributed by atoms with Gasteiger partial charge in [-0.05, 0) is 78.6 Å². The van der Waals surface area contributed by atoms with E-state index in [1.54, 1.807) is 55.4 Å². The van der Waals surface area contributed by atoms with Crippen LogP contribution >= 0.6 is 0 Å². The molecule has 2 rings (SSSR count). The van der Waals surface area contributed by atoms with Crippen molar-refractivity contribution in [3.05, 3.63) is 65.7 Å². The molecule has 3 atom stereocenters. The Morgan fingerprint density at radius 3 is 1.86 bits per heavy atom. The number of phenolic OH excluding ortho intramolecular Hbond substituents is 1. The molecule has 4 N–H and O–H groups in total. The van der Waals surface area contributed by atoms with Gasteiger partial charge in [0.2, 0.25) is 11.8 Å². The molecule has 0 aliphatic rings. The van der Waals surface area contributed by atoms with Gasteiger partial charge in [-0.3, -0.25) is 9.59 Å². The van der Waals surface area contributed by atoms with Crippen molar-refractivity contribution < 1.29 is 38.9 Å². The van der Waals surface area contributed by atoms with Crippen molar-refractivity contribution >= 4 is 23.9 Å². The molecule has 0 fully saturated rings. The number of aliphatic hydroxyl groups is 1. The van der Waals surface area contributed by atoms with Gasteiger partial charge in [0.1, 0.15) is 35.1 Å². The summed E-state index contributed by atoms with van der Waals surface area (Å²) in [5.41, 5.74) is -0.573. The van der Waals surface area contributed by atoms with Crippen LogP contribution in [0.4, 0.5) is 4.79 Å². The van der Waals surface area contributed by atoms with Gasteiger partial charge in [-0.1, -0.05) is 42.5 Å². The maximum absolute atomic E-state index is 14.1. The zero-order chi connectivity index (χ0) is 32.5. The highest BCUT2D eigenvalue weighted by Crippen LogP contribution is 2.27. The lowest BCUT2D eigenvalue weighted by Gasteiger charge is -2.37. The van der Waals surface area contributed by atoms with Crippen LogP contribution in [0.1, 0.15) is 72.6 Å². The van der Waals surface area contributed by atoms with E-state index in [9.17, 15) is 29.4 Å². The van der Waals surface area contributed by atoms with E-state index in [-0.39, 0.29) is 12.2 Å². The van der Waals surface area contributed by atoms with Crippen molar-refractivity contribution in [1.82, 2.24) is 15.5 Å². The second-order valence-electron chi connectivity index (χ2n) is 12.5. The van der Waals surface area contributed by atoms with Crippen LogP contribution in [0.3, 0.4) is 0 Å². The number of nitrogens with one attached hydrogen (secondary N) is 2. The van der Waals surface area contributed by atoms with Gasteiger partial charge in [-0.15, -0.1) is 0 Å². The van der Waals surface area contributed by atoms with Crippen LogP contribution in [0.15, 0.2) is 54.6 Å². The van der Waals surface area contributed by atoms with E-state index in [0.717, 1.165) is 5.56 Å². The lowest BCUT2D eigenvalue weighted by molar-refractivity contribution is -0.159. The van der Waals surface area contributed by atoms with Gasteiger partial charge in [0.05, 0.1) is 6.61 Å². The number of ether oxygens (including phenoxy) is 2. The van der Waals surface area contributed by atoms with Crippen molar-refractivity contribution in [2.45, 2.75) is 97.2 Å². The molecule has 0 saturated heterocycles. The average Bonchev–Trinajstić information content (AvgIpc) is 2.88. The van der Waals surface area contributed by atoms with E-state index in [1.807, 2.05) is 30.3 Å². The van der Waals surface area contributed by atoms with Crippen LogP contribution in [0.5, 0.6) is 5.75 Å². The minimum atomic E-state index is -1.43. The Morgan fingerprint density at radius 1 is 0.814 bits per heavy atom. The first-order valence-electron chi connectivity index (χ1n) is 14.2. The van der Waals surface area contributed by atoms with Gasteiger partial charge in [0, 0.05) is 12.5 Å². The fourth-order valence-electron chi connectivity index (χ4n) is 4.26. The summed E-state index contributed by atoms with van der Waals surface area (Å²) in [7, 11) is 0. The lowest BCUT2D eigenvalue weighted by atomic mass is 9.99. The summed E-state index contributed by atoms with van der Waals surface area (Å²) >= 11 is 0. The van der Waals surface area contributed by atoms with E-state index >= 15 is 0 Å². The molecule has 11 heteroatoms. The number of aliphatic hydroxyl groups excluding tert-OH is 1. The number of carbonyl (C=O) groups is 4. The molecule has 0 spiro atoms. The van der Waals surface area contributed by atoms with Crippen LogP contribution in [0.25, 0.3) is 0 Å². The van der Waals surface area contributed by atoms with Gasteiger partial charge < -0.3 is 35.2 Å². The van der Waals surface area contributed by atoms with Gasteiger partial charge >= 0.3 is 12.1 Å². The Bertz CT molecular complexity index is 1230. The molecule has 2 aromatic carbocycles. The predicted octanol–water partition coefficient (Wildman–Crippen LogP) is 3.63. The third kappa shape index (κ3) is 11.2. The molecule has 3 unspecified atom stereocenters. The summed E-state index contributed by atoms with van der Waals surface area (Å²) in [6.45, 7) is 12.7. The molecule has 0 aliphatic carbocycles. The van der Waals surface area contributed by atoms with Gasteiger partial charge in [0.15, 0.2) is 0 Å². The Hall–Kier alpha value is -4.12. The van der Waals surface area contributed by atoms with Crippen molar-refractivity contribution in [2.75, 3.05) is 6.61 Å². The number of esters is 1. The molecule has 0 aliphatic heterocycles. The topological polar surface area (TPSA) is 154 Å². The predicted molar refractivity (Wildman–Crippen MR) is 161 cm³/mol. The van der Waals surface area contributed by atoms with E-state index in [1.165, 1.54) is 29.2 Å². The highest BCUT2D eigenvalue weighted by molar-refractivity contribution is 5.94. The Balaban J connectivity index is 2.52.